The van der Waals surface area contributed by atoms with Gasteiger partial charge in [0.1, 0.15) is 0 Å². The smallest absolute Gasteiger partial charge is 0.242 e. The minimum Gasteiger partial charge on any atom is -0.383 e. The minimum absolute atomic E-state index is 0.0213. The summed E-state index contributed by atoms with van der Waals surface area (Å²) in [6.45, 7) is 14.5. The Morgan fingerprint density at radius 2 is 0.809 bits per heavy atom. The molecule has 0 aliphatic rings. The van der Waals surface area contributed by atoms with Crippen molar-refractivity contribution in [2.24, 2.45) is 23.3 Å². The molecular formula is C53H104N8O7. The second-order valence-corrected chi connectivity index (χ2v) is 19.2. The monoisotopic (exact) mass is 965 g/mol. The van der Waals surface area contributed by atoms with Gasteiger partial charge in [-0.15, -0.1) is 0 Å². The van der Waals surface area contributed by atoms with Crippen molar-refractivity contribution in [3.8, 4) is 0 Å². The van der Waals surface area contributed by atoms with E-state index >= 15 is 0 Å². The predicted molar refractivity (Wildman–Crippen MR) is 278 cm³/mol. The molecular weight excluding hydrogens is 861 g/mol. The lowest BCUT2D eigenvalue weighted by Crippen LogP contribution is -2.53. The Hall–Kier alpha value is -3.30. The first kappa shape index (κ1) is 64.7. The van der Waals surface area contributed by atoms with E-state index in [2.05, 4.69) is 46.9 Å². The quantitative estimate of drug-likeness (QED) is 0.0518. The lowest BCUT2D eigenvalue weighted by molar-refractivity contribution is -0.148. The van der Waals surface area contributed by atoms with Gasteiger partial charge >= 0.3 is 0 Å². The van der Waals surface area contributed by atoms with E-state index in [0.717, 1.165) is 89.9 Å². The van der Waals surface area contributed by atoms with Crippen molar-refractivity contribution in [1.82, 2.24) is 29.8 Å². The summed E-state index contributed by atoms with van der Waals surface area (Å²) in [5.41, 5.74) is 11.3. The molecule has 0 rings (SSSR count). The van der Waals surface area contributed by atoms with Crippen LogP contribution < -0.4 is 16.8 Å². The highest BCUT2D eigenvalue weighted by Gasteiger charge is 2.30. The van der Waals surface area contributed by atoms with Gasteiger partial charge in [0.25, 0.3) is 0 Å². The van der Waals surface area contributed by atoms with E-state index in [9.17, 15) is 28.8 Å². The van der Waals surface area contributed by atoms with Crippen LogP contribution in [0.1, 0.15) is 196 Å². The standard InChI is InChI=1S/C53H104N8O7/c1-8-14-18-20-22-24-26-28-34-57(50(64)42-59(36-37-68-7)49(63)38-56-33-32-54)44-53(67)61(40-47(13-6)31-17-11-4)45-51(65)58(35-29-27-25-23-21-19-15-9-2)43-52(66)60(41-48(55)62)39-46(12-5)30-16-10-3/h46-47,56H,8-45,54H2,1-7H3,(H2,55,62). The molecule has 15 heteroatoms. The first-order valence-electron chi connectivity index (χ1n) is 27.4. The third kappa shape index (κ3) is 32.5. The van der Waals surface area contributed by atoms with Crippen LogP contribution in [0, 0.1) is 11.8 Å². The van der Waals surface area contributed by atoms with E-state index in [0.29, 0.717) is 52.1 Å². The average Bonchev–Trinajstić information content (AvgIpc) is 3.32. The van der Waals surface area contributed by atoms with Crippen molar-refractivity contribution in [2.45, 2.75) is 196 Å². The Labute approximate surface area is 415 Å². The predicted octanol–water partition coefficient (Wildman–Crippen LogP) is 7.52. The Kier molecular flexibility index (Phi) is 41.6. The van der Waals surface area contributed by atoms with Gasteiger partial charge in [0.15, 0.2) is 0 Å². The fourth-order valence-electron chi connectivity index (χ4n) is 8.57. The minimum atomic E-state index is -0.598. The zero-order valence-electron chi connectivity index (χ0n) is 44.8. The fourth-order valence-corrected chi connectivity index (χ4v) is 8.57. The highest BCUT2D eigenvalue weighted by molar-refractivity contribution is 5.92. The van der Waals surface area contributed by atoms with Gasteiger partial charge < -0.3 is 46.0 Å². The van der Waals surface area contributed by atoms with Crippen LogP contribution in [0.25, 0.3) is 0 Å². The summed E-state index contributed by atoms with van der Waals surface area (Å²) in [6, 6.07) is 0. The van der Waals surface area contributed by atoms with Gasteiger partial charge in [0, 0.05) is 52.9 Å². The summed E-state index contributed by atoms with van der Waals surface area (Å²) in [4.78, 5) is 91.3. The Morgan fingerprint density at radius 1 is 0.456 bits per heavy atom. The van der Waals surface area contributed by atoms with Crippen LogP contribution in [-0.4, -0.2) is 159 Å². The SMILES string of the molecule is CCCCCCCCCCN(CC(=O)N(CC(=O)N(CCCCCCCCCC)CC(=O)N(CC(N)=O)CC(CC)CCCC)CC(CC)CCCC)C(=O)CN(CCOC)C(=O)CNCCN. The number of hydrogen-bond donors (Lipinski definition) is 3. The largest absolute Gasteiger partial charge is 0.383 e. The molecule has 0 radical (unpaired) electrons. The number of methoxy groups -OCH3 is 1. The van der Waals surface area contributed by atoms with Gasteiger partial charge in [0.2, 0.25) is 35.4 Å². The molecule has 0 aromatic rings. The van der Waals surface area contributed by atoms with Crippen molar-refractivity contribution in [1.29, 1.82) is 0 Å². The number of nitrogens with one attached hydrogen (secondary N) is 1. The van der Waals surface area contributed by atoms with Crippen LogP contribution in [0.3, 0.4) is 0 Å². The molecule has 0 bridgehead atoms. The second kappa shape index (κ2) is 43.7. The average molecular weight is 965 g/mol. The maximum absolute atomic E-state index is 14.8. The van der Waals surface area contributed by atoms with Gasteiger partial charge in [-0.25, -0.2) is 0 Å². The molecule has 0 saturated heterocycles. The Morgan fingerprint density at radius 3 is 1.18 bits per heavy atom. The summed E-state index contributed by atoms with van der Waals surface area (Å²) in [5.74, 6) is -1.86. The third-order valence-corrected chi connectivity index (χ3v) is 13.2. The maximum Gasteiger partial charge on any atom is 0.242 e. The first-order chi connectivity index (χ1) is 32.8. The van der Waals surface area contributed by atoms with Crippen LogP contribution in [0.5, 0.6) is 0 Å². The summed E-state index contributed by atoms with van der Waals surface area (Å²) in [7, 11) is 1.55. The van der Waals surface area contributed by atoms with Crippen LogP contribution >= 0.6 is 0 Å². The molecule has 0 spiro atoms. The van der Waals surface area contributed by atoms with E-state index in [1.807, 2.05) is 0 Å². The molecule has 15 nitrogen and oxygen atoms in total. The van der Waals surface area contributed by atoms with E-state index < -0.39 is 5.91 Å². The number of rotatable bonds is 47. The second-order valence-electron chi connectivity index (χ2n) is 19.2. The van der Waals surface area contributed by atoms with E-state index in [1.165, 1.54) is 61.2 Å². The normalized spacial score (nSPS) is 12.1. The van der Waals surface area contributed by atoms with E-state index in [4.69, 9.17) is 16.2 Å². The molecule has 0 aliphatic carbocycles. The number of hydrogen-bond acceptors (Lipinski definition) is 9. The van der Waals surface area contributed by atoms with Gasteiger partial charge in [-0.3, -0.25) is 28.8 Å². The van der Waals surface area contributed by atoms with Crippen LogP contribution in [-0.2, 0) is 33.5 Å². The summed E-state index contributed by atoms with van der Waals surface area (Å²) < 4.78 is 5.29. The molecule has 398 valence electrons. The van der Waals surface area contributed by atoms with Crippen molar-refractivity contribution < 1.29 is 33.5 Å². The van der Waals surface area contributed by atoms with Crippen molar-refractivity contribution in [3.63, 3.8) is 0 Å². The number of nitrogens with zero attached hydrogens (tertiary/aromatic N) is 5. The summed E-state index contributed by atoms with van der Waals surface area (Å²) in [5, 5.41) is 3.02. The van der Waals surface area contributed by atoms with Gasteiger partial charge in [-0.05, 0) is 37.5 Å². The van der Waals surface area contributed by atoms with E-state index in [-0.39, 0.29) is 93.8 Å². The Bertz CT molecular complexity index is 1320. The number of amides is 6. The number of primary amides is 1. The summed E-state index contributed by atoms with van der Waals surface area (Å²) >= 11 is 0. The molecule has 5 N–H and O–H groups in total. The highest BCUT2D eigenvalue weighted by atomic mass is 16.5. The van der Waals surface area contributed by atoms with E-state index in [1.54, 1.807) is 21.8 Å². The number of unbranched alkanes of at least 4 members (excludes halogenated alkanes) is 16. The maximum atomic E-state index is 14.8. The highest BCUT2D eigenvalue weighted by Crippen LogP contribution is 2.18. The Balaban J connectivity index is 6.83. The van der Waals surface area contributed by atoms with Crippen LogP contribution in [0.15, 0.2) is 0 Å². The van der Waals surface area contributed by atoms with Crippen molar-refractivity contribution in [2.75, 3.05) is 98.8 Å². The molecule has 0 aromatic carbocycles. The van der Waals surface area contributed by atoms with Crippen LogP contribution in [0.4, 0.5) is 0 Å². The molecule has 68 heavy (non-hydrogen) atoms. The number of carbonyl (C=O) groups is 6. The van der Waals surface area contributed by atoms with Crippen molar-refractivity contribution in [3.05, 3.63) is 0 Å². The number of nitrogens with two attached hydrogens (primary N) is 2. The molecule has 2 atom stereocenters. The van der Waals surface area contributed by atoms with Gasteiger partial charge in [-0.1, -0.05) is 170 Å². The molecule has 0 saturated carbocycles. The number of carbonyl (C=O) groups excluding carboxylic acids is 6. The lowest BCUT2D eigenvalue weighted by atomic mass is 9.98. The zero-order valence-corrected chi connectivity index (χ0v) is 44.8. The molecule has 0 aromatic heterocycles. The lowest BCUT2D eigenvalue weighted by Gasteiger charge is -2.33. The van der Waals surface area contributed by atoms with Gasteiger partial charge in [-0.2, -0.15) is 0 Å². The number of ether oxygens (including phenoxy) is 1. The molecule has 0 fully saturated rings. The van der Waals surface area contributed by atoms with Crippen molar-refractivity contribution >= 4 is 35.4 Å². The molecule has 6 amide bonds. The van der Waals surface area contributed by atoms with Gasteiger partial charge in [0.05, 0.1) is 45.9 Å². The topological polar surface area (TPSA) is 192 Å². The first-order valence-corrected chi connectivity index (χ1v) is 27.4. The molecule has 0 heterocycles. The van der Waals surface area contributed by atoms with Crippen LogP contribution in [0.2, 0.25) is 0 Å². The fraction of sp³-hybridized carbons (Fsp3) is 0.887. The molecule has 0 aliphatic heterocycles. The third-order valence-electron chi connectivity index (χ3n) is 13.2. The zero-order chi connectivity index (χ0) is 50.8. The molecule has 2 unspecified atom stereocenters. The summed E-state index contributed by atoms with van der Waals surface area (Å²) in [6.07, 6.45) is 24.6.